The Morgan fingerprint density at radius 3 is 2.83 bits per heavy atom. The van der Waals surface area contributed by atoms with Gasteiger partial charge in [-0.15, -0.1) is 0 Å². The van der Waals surface area contributed by atoms with Gasteiger partial charge in [-0.2, -0.15) is 0 Å². The van der Waals surface area contributed by atoms with Gasteiger partial charge in [0.1, 0.15) is 0 Å². The third kappa shape index (κ3) is 5.53. The number of esters is 1. The summed E-state index contributed by atoms with van der Waals surface area (Å²) in [6.45, 7) is 5.37. The molecule has 0 saturated carbocycles. The molecule has 1 N–H and O–H groups in total. The van der Waals surface area contributed by atoms with Crippen molar-refractivity contribution in [1.29, 1.82) is 0 Å². The number of hydrogen-bond donors (Lipinski definition) is 1. The van der Waals surface area contributed by atoms with E-state index in [-0.39, 0.29) is 12.4 Å². The summed E-state index contributed by atoms with van der Waals surface area (Å²) in [6.07, 6.45) is 3.93. The minimum Gasteiger partial charge on any atom is -0.513 e. The monoisotopic (exact) mass is 170 g/mol. The van der Waals surface area contributed by atoms with Crippen molar-refractivity contribution in [3.05, 3.63) is 24.5 Å². The lowest BCUT2D eigenvalue weighted by molar-refractivity contribution is -0.137. The van der Waals surface area contributed by atoms with Crippen molar-refractivity contribution < 1.29 is 14.6 Å². The summed E-state index contributed by atoms with van der Waals surface area (Å²) < 4.78 is 4.65. The van der Waals surface area contributed by atoms with Crippen molar-refractivity contribution in [2.45, 2.75) is 19.8 Å². The summed E-state index contributed by atoms with van der Waals surface area (Å²) in [7, 11) is 0. The van der Waals surface area contributed by atoms with Crippen molar-refractivity contribution in [3.8, 4) is 0 Å². The number of aliphatic hydroxyl groups excluding tert-OH is 1. The molecule has 0 saturated heterocycles. The average Bonchev–Trinajstić information content (AvgIpc) is 2.04. The second-order valence-corrected chi connectivity index (χ2v) is 2.23. The van der Waals surface area contributed by atoms with Gasteiger partial charge in [0.2, 0.25) is 0 Å². The molecular weight excluding hydrogens is 156 g/mol. The zero-order valence-electron chi connectivity index (χ0n) is 7.25. The molecule has 0 rings (SSSR count). The molecule has 3 nitrogen and oxygen atoms in total. The Balaban J connectivity index is 3.49. The fourth-order valence-electron chi connectivity index (χ4n) is 0.653. The van der Waals surface area contributed by atoms with Gasteiger partial charge < -0.3 is 9.84 Å². The van der Waals surface area contributed by atoms with E-state index in [9.17, 15) is 4.79 Å². The SMILES string of the molecule is C=CC(=O)OCCC(O)=CCC. The molecular formula is C9H14O3. The lowest BCUT2D eigenvalue weighted by atomic mass is 10.3. The molecule has 0 aromatic heterocycles. The lowest BCUT2D eigenvalue weighted by Gasteiger charge is -2.00. The number of ether oxygens (including phenoxy) is 1. The second kappa shape index (κ2) is 6.46. The Bertz CT molecular complexity index is 182. The van der Waals surface area contributed by atoms with Gasteiger partial charge >= 0.3 is 5.97 Å². The molecule has 0 spiro atoms. The van der Waals surface area contributed by atoms with Gasteiger partial charge in [-0.25, -0.2) is 4.79 Å². The molecule has 0 heterocycles. The Labute approximate surface area is 72.3 Å². The molecule has 0 amide bonds. The number of rotatable bonds is 5. The molecule has 0 unspecified atom stereocenters. The molecule has 68 valence electrons. The molecule has 0 aliphatic rings. The molecule has 0 atom stereocenters. The highest BCUT2D eigenvalue weighted by molar-refractivity contribution is 5.81. The van der Waals surface area contributed by atoms with E-state index in [2.05, 4.69) is 11.3 Å². The first-order valence-electron chi connectivity index (χ1n) is 3.88. The Hall–Kier alpha value is -1.25. The maximum atomic E-state index is 10.5. The molecule has 0 aliphatic carbocycles. The maximum absolute atomic E-state index is 10.5. The second-order valence-electron chi connectivity index (χ2n) is 2.23. The van der Waals surface area contributed by atoms with Crippen molar-refractivity contribution in [1.82, 2.24) is 0 Å². The summed E-state index contributed by atoms with van der Waals surface area (Å²) in [5.41, 5.74) is 0. The number of carbonyl (C=O) groups is 1. The Kier molecular flexibility index (Phi) is 5.79. The van der Waals surface area contributed by atoms with Crippen LogP contribution in [0.3, 0.4) is 0 Å². The van der Waals surface area contributed by atoms with E-state index in [1.165, 1.54) is 0 Å². The summed E-state index contributed by atoms with van der Waals surface area (Å²) in [5.74, 6) is -0.200. The van der Waals surface area contributed by atoms with Crippen LogP contribution in [-0.2, 0) is 9.53 Å². The zero-order chi connectivity index (χ0) is 9.40. The number of aliphatic hydroxyl groups is 1. The van der Waals surface area contributed by atoms with Gasteiger partial charge in [0.25, 0.3) is 0 Å². The van der Waals surface area contributed by atoms with Crippen LogP contribution in [0.5, 0.6) is 0 Å². The molecule has 0 aromatic rings. The standard InChI is InChI=1S/C9H14O3/c1-3-5-8(10)6-7-12-9(11)4-2/h4-5,10H,2-3,6-7H2,1H3. The van der Waals surface area contributed by atoms with Crippen LogP contribution in [0.2, 0.25) is 0 Å². The van der Waals surface area contributed by atoms with Gasteiger partial charge in [-0.1, -0.05) is 13.5 Å². The third-order valence-corrected chi connectivity index (χ3v) is 1.21. The minimum absolute atomic E-state index is 0.202. The first-order chi connectivity index (χ1) is 5.70. The summed E-state index contributed by atoms with van der Waals surface area (Å²) in [6, 6.07) is 0. The van der Waals surface area contributed by atoms with Crippen LogP contribution >= 0.6 is 0 Å². The van der Waals surface area contributed by atoms with Crippen molar-refractivity contribution in [3.63, 3.8) is 0 Å². The third-order valence-electron chi connectivity index (χ3n) is 1.21. The van der Waals surface area contributed by atoms with E-state index in [1.54, 1.807) is 6.08 Å². The number of allylic oxidation sites excluding steroid dienone is 1. The molecule has 0 fully saturated rings. The van der Waals surface area contributed by atoms with Crippen molar-refractivity contribution in [2.75, 3.05) is 6.61 Å². The Morgan fingerprint density at radius 2 is 2.33 bits per heavy atom. The smallest absolute Gasteiger partial charge is 0.330 e. The Morgan fingerprint density at radius 1 is 1.67 bits per heavy atom. The van der Waals surface area contributed by atoms with E-state index in [0.29, 0.717) is 6.42 Å². The first kappa shape index (κ1) is 10.8. The maximum Gasteiger partial charge on any atom is 0.330 e. The van der Waals surface area contributed by atoms with E-state index in [1.807, 2.05) is 6.92 Å². The van der Waals surface area contributed by atoms with E-state index in [4.69, 9.17) is 5.11 Å². The summed E-state index contributed by atoms with van der Waals surface area (Å²) in [5, 5.41) is 9.08. The van der Waals surface area contributed by atoms with Crippen molar-refractivity contribution in [2.24, 2.45) is 0 Å². The molecule has 0 aromatic carbocycles. The number of carbonyl (C=O) groups excluding carboxylic acids is 1. The summed E-state index contributed by atoms with van der Waals surface area (Å²) in [4.78, 5) is 10.5. The molecule has 3 heteroatoms. The minimum atomic E-state index is -0.459. The van der Waals surface area contributed by atoms with Crippen LogP contribution in [-0.4, -0.2) is 17.7 Å². The van der Waals surface area contributed by atoms with Crippen molar-refractivity contribution >= 4 is 5.97 Å². The topological polar surface area (TPSA) is 46.5 Å². The van der Waals surface area contributed by atoms with Gasteiger partial charge in [0.15, 0.2) is 0 Å². The highest BCUT2D eigenvalue weighted by atomic mass is 16.5. The van der Waals surface area contributed by atoms with Gasteiger partial charge in [-0.3, -0.25) is 0 Å². The van der Waals surface area contributed by atoms with E-state index >= 15 is 0 Å². The van der Waals surface area contributed by atoms with Gasteiger partial charge in [0, 0.05) is 12.5 Å². The predicted molar refractivity (Wildman–Crippen MR) is 46.8 cm³/mol. The molecule has 0 aliphatic heterocycles. The molecule has 12 heavy (non-hydrogen) atoms. The van der Waals surface area contributed by atoms with Crippen LogP contribution in [0.1, 0.15) is 19.8 Å². The molecule has 0 bridgehead atoms. The fourth-order valence-corrected chi connectivity index (χ4v) is 0.653. The fraction of sp³-hybridized carbons (Fsp3) is 0.444. The van der Waals surface area contributed by atoms with Crippen LogP contribution in [0, 0.1) is 0 Å². The molecule has 0 radical (unpaired) electrons. The highest BCUT2D eigenvalue weighted by Crippen LogP contribution is 1.98. The van der Waals surface area contributed by atoms with Crippen LogP contribution in [0.15, 0.2) is 24.5 Å². The largest absolute Gasteiger partial charge is 0.513 e. The average molecular weight is 170 g/mol. The predicted octanol–water partition coefficient (Wildman–Crippen LogP) is 1.96. The van der Waals surface area contributed by atoms with Crippen LogP contribution in [0.25, 0.3) is 0 Å². The van der Waals surface area contributed by atoms with E-state index < -0.39 is 5.97 Å². The lowest BCUT2D eigenvalue weighted by Crippen LogP contribution is -2.02. The van der Waals surface area contributed by atoms with Crippen LogP contribution in [0.4, 0.5) is 0 Å². The quantitative estimate of drug-likeness (QED) is 0.389. The van der Waals surface area contributed by atoms with E-state index in [0.717, 1.165) is 12.5 Å². The summed E-state index contributed by atoms with van der Waals surface area (Å²) >= 11 is 0. The number of hydrogen-bond acceptors (Lipinski definition) is 3. The normalized spacial score (nSPS) is 10.9. The van der Waals surface area contributed by atoms with Gasteiger partial charge in [-0.05, 0) is 12.5 Å². The zero-order valence-corrected chi connectivity index (χ0v) is 7.25. The van der Waals surface area contributed by atoms with Gasteiger partial charge in [0.05, 0.1) is 12.4 Å². The highest BCUT2D eigenvalue weighted by Gasteiger charge is 1.96. The first-order valence-corrected chi connectivity index (χ1v) is 3.88. The van der Waals surface area contributed by atoms with Crippen LogP contribution < -0.4 is 0 Å².